The molecule has 0 rings (SSSR count). The molecule has 0 aromatic carbocycles. The van der Waals surface area contributed by atoms with E-state index in [9.17, 15) is 0 Å². The summed E-state index contributed by atoms with van der Waals surface area (Å²) >= 11 is 0.700. The summed E-state index contributed by atoms with van der Waals surface area (Å²) in [5.41, 5.74) is 0. The Labute approximate surface area is 120 Å². The van der Waals surface area contributed by atoms with Gasteiger partial charge in [-0.05, 0) is 0 Å². The molecule has 6 heavy (non-hydrogen) atoms. The molecule has 0 heterocycles. The molecule has 5 radical (unpaired) electrons. The molecule has 6 heteroatoms. The van der Waals surface area contributed by atoms with Gasteiger partial charge in [-0.3, -0.25) is 0 Å². The van der Waals surface area contributed by atoms with E-state index in [-0.39, 0.29) is 98.0 Å². The molecule has 0 bridgehead atoms. The van der Waals surface area contributed by atoms with Crippen molar-refractivity contribution in [3.63, 3.8) is 0 Å². The number of rotatable bonds is 0. The minimum absolute atomic E-state index is 0. The van der Waals surface area contributed by atoms with Crippen molar-refractivity contribution in [1.82, 2.24) is 0 Å². The summed E-state index contributed by atoms with van der Waals surface area (Å²) in [6.07, 6.45) is 0. The fourth-order valence-corrected chi connectivity index (χ4v) is 0. The molecule has 0 fully saturated rings. The maximum Gasteiger partial charge on any atom is 0 e. The molecule has 0 atom stereocenters. The Bertz CT molecular complexity index is 15.5. The van der Waals surface area contributed by atoms with Crippen LogP contribution in [0.3, 0.4) is 0 Å². The van der Waals surface area contributed by atoms with Gasteiger partial charge in [-0.1, -0.05) is 0 Å². The normalized spacial score (nSPS) is 0.667. The van der Waals surface area contributed by atoms with E-state index >= 15 is 0 Å². The fraction of sp³-hybridized carbons (Fsp3) is 0. The van der Waals surface area contributed by atoms with Gasteiger partial charge in [0.25, 0.3) is 0 Å². The van der Waals surface area contributed by atoms with Crippen LogP contribution in [-0.4, -0.2) is 58.5 Å². The van der Waals surface area contributed by atoms with Gasteiger partial charge >= 0.3 is 25.4 Å². The molecule has 0 N–H and O–H groups in total. The van der Waals surface area contributed by atoms with Crippen molar-refractivity contribution in [1.29, 1.82) is 0 Å². The van der Waals surface area contributed by atoms with Crippen molar-refractivity contribution in [3.05, 3.63) is 0 Å². The molecule has 23 valence electrons. The number of hydrogen-bond acceptors (Lipinski definition) is 1. The molecule has 0 aromatic heterocycles. The zero-order valence-electron chi connectivity index (χ0n) is 3.47. The first kappa shape index (κ1) is 32.9. The molecule has 1 nitrogen and oxygen atoms in total. The summed E-state index contributed by atoms with van der Waals surface area (Å²) in [5, 5.41) is 0. The van der Waals surface area contributed by atoms with Gasteiger partial charge in [0.1, 0.15) is 0 Å². The predicted octanol–water partition coefficient (Wildman–Crippen LogP) is -1.26. The second-order valence-corrected chi connectivity index (χ2v) is 0. The van der Waals surface area contributed by atoms with Crippen LogP contribution in [0.2, 0.25) is 0 Å². The average Bonchev–Trinajstić information content (AvgIpc) is 1.00. The van der Waals surface area contributed by atoms with Crippen LogP contribution < -0.4 is 0 Å². The van der Waals surface area contributed by atoms with Crippen molar-refractivity contribution < 1.29 is 64.9 Å². The molecule has 0 saturated heterocycles. The molecule has 0 aliphatic rings. The van der Waals surface area contributed by atoms with Crippen molar-refractivity contribution in [2.24, 2.45) is 0 Å². The van der Waals surface area contributed by atoms with Gasteiger partial charge in [0.05, 0.1) is 0 Å². The Morgan fingerprint density at radius 2 is 1.17 bits per heavy atom. The van der Waals surface area contributed by atoms with Crippen LogP contribution in [0.1, 0.15) is 0 Å². The van der Waals surface area contributed by atoms with E-state index in [1.165, 1.54) is 0 Å². The molecule has 0 aliphatic carbocycles. The monoisotopic (exact) mass is 409 g/mol. The van der Waals surface area contributed by atoms with Crippen LogP contribution in [0, 0.1) is 35.6 Å². The first-order chi connectivity index (χ1) is 1.00. The van der Waals surface area contributed by atoms with E-state index in [1.54, 1.807) is 0 Å². The van der Waals surface area contributed by atoms with Gasteiger partial charge in [-0.15, -0.1) is 0 Å². The van der Waals surface area contributed by atoms with Gasteiger partial charge in [-0.2, -0.15) is 0 Å². The molecular formula is AlLaLiOTeZr. The van der Waals surface area contributed by atoms with Gasteiger partial charge < -0.3 is 0 Å². The summed E-state index contributed by atoms with van der Waals surface area (Å²) in [7, 11) is 0. The van der Waals surface area contributed by atoms with Crippen molar-refractivity contribution >= 4 is 58.5 Å². The summed E-state index contributed by atoms with van der Waals surface area (Å²) in [6, 6.07) is 0. The molecular weight excluding hydrogens is 408 g/mol. The number of hydrogen-bond donors (Lipinski definition) is 0. The van der Waals surface area contributed by atoms with E-state index in [1.807, 2.05) is 0 Å². The molecule has 0 aromatic rings. The van der Waals surface area contributed by atoms with Gasteiger partial charge in [0.15, 0.2) is 0 Å². The third-order valence-electron chi connectivity index (χ3n) is 0. The van der Waals surface area contributed by atoms with E-state index < -0.39 is 0 Å². The maximum atomic E-state index is 8.26. The van der Waals surface area contributed by atoms with E-state index in [2.05, 4.69) is 0 Å². The zero-order chi connectivity index (χ0) is 2.00. The van der Waals surface area contributed by atoms with Crippen LogP contribution in [0.15, 0.2) is 0 Å². The summed E-state index contributed by atoms with van der Waals surface area (Å²) < 4.78 is 8.26. The van der Waals surface area contributed by atoms with Crippen LogP contribution in [-0.2, 0) is 29.3 Å². The largest absolute Gasteiger partial charge is 0 e. The van der Waals surface area contributed by atoms with Gasteiger partial charge in [-0.25, -0.2) is 0 Å². The Balaban J connectivity index is -0.000000000833. The van der Waals surface area contributed by atoms with Crippen molar-refractivity contribution in [3.8, 4) is 0 Å². The maximum absolute atomic E-state index is 8.26. The summed E-state index contributed by atoms with van der Waals surface area (Å²) in [6.45, 7) is 0. The molecule has 0 saturated carbocycles. The smallest absolute Gasteiger partial charge is 0 e. The Morgan fingerprint density at radius 1 is 1.17 bits per heavy atom. The quantitative estimate of drug-likeness (QED) is 0.458. The van der Waals surface area contributed by atoms with E-state index in [0.29, 0.717) is 22.3 Å². The average molecular weight is 408 g/mol. The minimum atomic E-state index is 0. The van der Waals surface area contributed by atoms with Crippen molar-refractivity contribution in [2.75, 3.05) is 0 Å². The second kappa shape index (κ2) is 37.1. The van der Waals surface area contributed by atoms with Crippen LogP contribution >= 0.6 is 0 Å². The molecule has 0 amide bonds. The van der Waals surface area contributed by atoms with Crippen molar-refractivity contribution in [2.45, 2.75) is 0 Å². The fourth-order valence-electron chi connectivity index (χ4n) is 0. The minimum Gasteiger partial charge on any atom is 0 e. The molecule has 0 unspecified atom stereocenters. The second-order valence-electron chi connectivity index (χ2n) is 0. The van der Waals surface area contributed by atoms with Crippen LogP contribution in [0.25, 0.3) is 0 Å². The first-order valence-corrected chi connectivity index (χ1v) is 1.12. The Kier molecular flexibility index (Phi) is 204. The summed E-state index contributed by atoms with van der Waals surface area (Å²) in [4.78, 5) is 0. The predicted molar refractivity (Wildman–Crippen MR) is 17.9 cm³/mol. The van der Waals surface area contributed by atoms with Crippen LogP contribution in [0.4, 0.5) is 0 Å². The SMILES string of the molecule is O=[Te].[Al].[La].[Li].[Zr]. The molecule has 0 aliphatic heterocycles. The zero-order valence-corrected chi connectivity index (χ0v) is 13.0. The Hall–Kier alpha value is 3.80. The first-order valence-electron chi connectivity index (χ1n) is 0.167. The van der Waals surface area contributed by atoms with E-state index in [0.717, 1.165) is 0 Å². The van der Waals surface area contributed by atoms with Gasteiger partial charge in [0, 0.05) is 98.0 Å². The molecule has 0 spiro atoms. The summed E-state index contributed by atoms with van der Waals surface area (Å²) in [5.74, 6) is 0. The van der Waals surface area contributed by atoms with Gasteiger partial charge in [0.2, 0.25) is 0 Å². The third-order valence-corrected chi connectivity index (χ3v) is 0. The van der Waals surface area contributed by atoms with E-state index in [4.69, 9.17) is 3.10 Å². The third kappa shape index (κ3) is 25.0. The standard InChI is InChI=1S/Al.La.Li.OTe.Zr/c;;;1-2;. The Morgan fingerprint density at radius 3 is 1.17 bits per heavy atom. The topological polar surface area (TPSA) is 17.1 Å². The van der Waals surface area contributed by atoms with Crippen LogP contribution in [0.5, 0.6) is 0 Å².